The normalized spacial score (nSPS) is 15.2. The number of fused-ring (bicyclic) bond motifs is 1. The largest absolute Gasteiger partial charge is 0.389 e. The smallest absolute Gasteiger partial charge is 0.278 e. The predicted octanol–water partition coefficient (Wildman–Crippen LogP) is 3.51. The van der Waals surface area contributed by atoms with Gasteiger partial charge in [-0.3, -0.25) is 14.9 Å². The Morgan fingerprint density at radius 3 is 2.67 bits per heavy atom. The van der Waals surface area contributed by atoms with E-state index in [4.69, 9.17) is 11.6 Å². The minimum absolute atomic E-state index is 0.0894. The molecule has 1 aliphatic heterocycles. The van der Waals surface area contributed by atoms with Crippen LogP contribution in [0.3, 0.4) is 0 Å². The molecule has 27 heavy (non-hydrogen) atoms. The van der Waals surface area contributed by atoms with Crippen molar-refractivity contribution in [1.29, 1.82) is 0 Å². The van der Waals surface area contributed by atoms with Crippen LogP contribution in [0.4, 0.5) is 11.4 Å². The molecule has 8 heteroatoms. The second-order valence-corrected chi connectivity index (χ2v) is 6.26. The number of non-ortho nitro benzene ring substituents is 1. The highest BCUT2D eigenvalue weighted by Crippen LogP contribution is 2.33. The first-order valence-electron chi connectivity index (χ1n) is 8.28. The number of anilines is 1. The summed E-state index contributed by atoms with van der Waals surface area (Å²) in [6.07, 6.45) is 1.54. The van der Waals surface area contributed by atoms with Gasteiger partial charge in [-0.25, -0.2) is 4.99 Å². The Kier molecular flexibility index (Phi) is 5.23. The third-order valence-corrected chi connectivity index (χ3v) is 4.46. The maximum absolute atomic E-state index is 12.8. The fourth-order valence-corrected chi connectivity index (χ4v) is 3.01. The van der Waals surface area contributed by atoms with Gasteiger partial charge in [-0.15, -0.1) is 0 Å². The molecule has 0 bridgehead atoms. The van der Waals surface area contributed by atoms with Gasteiger partial charge in [0.1, 0.15) is 5.70 Å². The van der Waals surface area contributed by atoms with E-state index in [0.29, 0.717) is 34.1 Å². The van der Waals surface area contributed by atoms with Gasteiger partial charge in [-0.1, -0.05) is 29.8 Å². The van der Waals surface area contributed by atoms with Gasteiger partial charge in [0.15, 0.2) is 0 Å². The van der Waals surface area contributed by atoms with Gasteiger partial charge in [0.2, 0.25) is 0 Å². The van der Waals surface area contributed by atoms with Crippen LogP contribution in [0.25, 0.3) is 0 Å². The summed E-state index contributed by atoms with van der Waals surface area (Å²) in [7, 11) is 1.61. The Labute approximate surface area is 161 Å². The number of nitrogens with one attached hydrogen (secondary N) is 1. The van der Waals surface area contributed by atoms with Crippen molar-refractivity contribution in [2.75, 3.05) is 18.5 Å². The molecule has 2 aromatic rings. The van der Waals surface area contributed by atoms with E-state index in [1.807, 2.05) is 6.92 Å². The molecule has 1 aliphatic rings. The predicted molar refractivity (Wildman–Crippen MR) is 105 cm³/mol. The molecule has 1 amide bonds. The fourth-order valence-electron chi connectivity index (χ4n) is 2.78. The van der Waals surface area contributed by atoms with Crippen LogP contribution in [0.1, 0.15) is 18.1 Å². The third-order valence-electron chi connectivity index (χ3n) is 4.14. The van der Waals surface area contributed by atoms with Crippen LogP contribution >= 0.6 is 11.6 Å². The van der Waals surface area contributed by atoms with Gasteiger partial charge >= 0.3 is 0 Å². The van der Waals surface area contributed by atoms with Crippen molar-refractivity contribution in [3.8, 4) is 0 Å². The van der Waals surface area contributed by atoms with Crippen LogP contribution in [0, 0.1) is 10.1 Å². The standard InChI is InChI=1S/C19H17ClN4O3/c1-3-21-11-16-19(25)23(2)17-9-8-12(24(26)27)10-14(17)18(22-16)13-6-4-5-7-15(13)20/h4-11,21H,3H2,1-2H3. The number of benzodiazepines with no additional fused rings is 1. The minimum atomic E-state index is -0.480. The number of carbonyl (C=O) groups excluding carboxylic acids is 1. The zero-order valence-electron chi connectivity index (χ0n) is 14.8. The topological polar surface area (TPSA) is 87.8 Å². The quantitative estimate of drug-likeness (QED) is 0.496. The molecular formula is C19H17ClN4O3. The number of nitro groups is 1. The molecule has 0 fully saturated rings. The Morgan fingerprint density at radius 1 is 1.26 bits per heavy atom. The van der Waals surface area contributed by atoms with E-state index in [-0.39, 0.29) is 17.3 Å². The molecule has 1 N–H and O–H groups in total. The summed E-state index contributed by atoms with van der Waals surface area (Å²) in [4.78, 5) is 29.6. The molecule has 0 saturated heterocycles. The average molecular weight is 385 g/mol. The van der Waals surface area contributed by atoms with Crippen LogP contribution in [0.15, 0.2) is 59.4 Å². The zero-order chi connectivity index (χ0) is 19.6. The summed E-state index contributed by atoms with van der Waals surface area (Å²) >= 11 is 6.36. The maximum atomic E-state index is 12.8. The van der Waals surface area contributed by atoms with Crippen LogP contribution in [-0.2, 0) is 4.79 Å². The first-order valence-corrected chi connectivity index (χ1v) is 8.65. The van der Waals surface area contributed by atoms with Crippen molar-refractivity contribution >= 4 is 34.6 Å². The van der Waals surface area contributed by atoms with E-state index in [0.717, 1.165) is 0 Å². The number of rotatable bonds is 4. The lowest BCUT2D eigenvalue weighted by Gasteiger charge is -2.18. The average Bonchev–Trinajstić information content (AvgIpc) is 2.76. The molecule has 3 rings (SSSR count). The first-order chi connectivity index (χ1) is 12.9. The molecule has 0 radical (unpaired) electrons. The highest BCUT2D eigenvalue weighted by Gasteiger charge is 2.28. The number of nitro benzene ring substituents is 1. The number of carbonyl (C=O) groups is 1. The van der Waals surface area contributed by atoms with Gasteiger partial charge < -0.3 is 10.2 Å². The summed E-state index contributed by atoms with van der Waals surface area (Å²) in [5.41, 5.74) is 2.08. The summed E-state index contributed by atoms with van der Waals surface area (Å²) in [5.74, 6) is -0.326. The molecule has 2 aromatic carbocycles. The maximum Gasteiger partial charge on any atom is 0.278 e. The number of halogens is 1. The van der Waals surface area contributed by atoms with Crippen molar-refractivity contribution in [3.05, 3.63) is 80.6 Å². The van der Waals surface area contributed by atoms with E-state index in [1.54, 1.807) is 37.4 Å². The van der Waals surface area contributed by atoms with E-state index in [9.17, 15) is 14.9 Å². The molecule has 0 saturated carbocycles. The highest BCUT2D eigenvalue weighted by atomic mass is 35.5. The van der Waals surface area contributed by atoms with Crippen LogP contribution in [0.2, 0.25) is 5.02 Å². The lowest BCUT2D eigenvalue weighted by Crippen LogP contribution is -2.27. The molecule has 0 aromatic heterocycles. The summed E-state index contributed by atoms with van der Waals surface area (Å²) < 4.78 is 0. The first kappa shape index (κ1) is 18.6. The van der Waals surface area contributed by atoms with Gasteiger partial charge in [0.05, 0.1) is 16.3 Å². The van der Waals surface area contributed by atoms with E-state index >= 15 is 0 Å². The summed E-state index contributed by atoms with van der Waals surface area (Å²) in [6.45, 7) is 2.52. The van der Waals surface area contributed by atoms with E-state index in [1.165, 1.54) is 23.2 Å². The number of likely N-dealkylation sites (N-methyl/N-ethyl adjacent to an activating group) is 1. The summed E-state index contributed by atoms with van der Waals surface area (Å²) in [5, 5.41) is 14.7. The SMILES string of the molecule is CCNC=C1N=C(c2ccccc2Cl)c2cc([N+](=O)[O-])ccc2N(C)C1=O. The molecule has 1 heterocycles. The number of benzene rings is 2. The Bertz CT molecular complexity index is 985. The van der Waals surface area contributed by atoms with Crippen molar-refractivity contribution in [3.63, 3.8) is 0 Å². The van der Waals surface area contributed by atoms with E-state index < -0.39 is 4.92 Å². The second-order valence-electron chi connectivity index (χ2n) is 5.85. The highest BCUT2D eigenvalue weighted by molar-refractivity contribution is 6.36. The van der Waals surface area contributed by atoms with Gasteiger partial charge in [0, 0.05) is 48.1 Å². The number of amides is 1. The monoisotopic (exact) mass is 384 g/mol. The van der Waals surface area contributed by atoms with Gasteiger partial charge in [-0.05, 0) is 19.1 Å². The second kappa shape index (κ2) is 7.59. The molecule has 0 unspecified atom stereocenters. The Morgan fingerprint density at radius 2 is 2.00 bits per heavy atom. The number of hydrogen-bond acceptors (Lipinski definition) is 5. The van der Waals surface area contributed by atoms with Gasteiger partial charge in [0.25, 0.3) is 11.6 Å². The number of nitrogens with zero attached hydrogens (tertiary/aromatic N) is 3. The van der Waals surface area contributed by atoms with Crippen LogP contribution in [0.5, 0.6) is 0 Å². The molecule has 0 atom stereocenters. The molecule has 138 valence electrons. The molecule has 0 aliphatic carbocycles. The molecular weight excluding hydrogens is 368 g/mol. The van der Waals surface area contributed by atoms with Crippen molar-refractivity contribution in [2.45, 2.75) is 6.92 Å². The lowest BCUT2D eigenvalue weighted by atomic mass is 9.99. The third kappa shape index (κ3) is 3.54. The fraction of sp³-hybridized carbons (Fsp3) is 0.158. The molecule has 0 spiro atoms. The van der Waals surface area contributed by atoms with Crippen LogP contribution in [-0.4, -0.2) is 30.1 Å². The lowest BCUT2D eigenvalue weighted by molar-refractivity contribution is -0.384. The Hall–Kier alpha value is -3.19. The van der Waals surface area contributed by atoms with E-state index in [2.05, 4.69) is 10.3 Å². The molecule has 7 nitrogen and oxygen atoms in total. The zero-order valence-corrected chi connectivity index (χ0v) is 15.5. The summed E-state index contributed by atoms with van der Waals surface area (Å²) in [6, 6.07) is 11.4. The van der Waals surface area contributed by atoms with Crippen molar-refractivity contribution in [1.82, 2.24) is 5.32 Å². The minimum Gasteiger partial charge on any atom is -0.389 e. The van der Waals surface area contributed by atoms with Crippen molar-refractivity contribution in [2.24, 2.45) is 4.99 Å². The number of aliphatic imine (C=N–C) groups is 1. The Balaban J connectivity index is 2.33. The van der Waals surface area contributed by atoms with Gasteiger partial charge in [-0.2, -0.15) is 0 Å². The van der Waals surface area contributed by atoms with Crippen LogP contribution < -0.4 is 10.2 Å². The van der Waals surface area contributed by atoms with Crippen molar-refractivity contribution < 1.29 is 9.72 Å². The number of hydrogen-bond donors (Lipinski definition) is 1.